The van der Waals surface area contributed by atoms with Crippen LogP contribution in [0.2, 0.25) is 0 Å². The van der Waals surface area contributed by atoms with E-state index in [1.54, 1.807) is 0 Å². The van der Waals surface area contributed by atoms with Crippen molar-refractivity contribution in [3.8, 4) is 0 Å². The summed E-state index contributed by atoms with van der Waals surface area (Å²) in [7, 11) is 0. The van der Waals surface area contributed by atoms with Gasteiger partial charge in [-0.3, -0.25) is 0 Å². The van der Waals surface area contributed by atoms with Crippen molar-refractivity contribution in [3.63, 3.8) is 0 Å². The van der Waals surface area contributed by atoms with Gasteiger partial charge < -0.3 is 9.73 Å². The molecule has 0 saturated heterocycles. The summed E-state index contributed by atoms with van der Waals surface area (Å²) < 4.78 is 5.87. The van der Waals surface area contributed by atoms with E-state index in [1.807, 2.05) is 6.07 Å². The van der Waals surface area contributed by atoms with Crippen LogP contribution in [0, 0.1) is 24.7 Å². The highest BCUT2D eigenvalue weighted by molar-refractivity contribution is 5.82. The molecule has 2 aliphatic rings. The molecule has 1 aromatic carbocycles. The van der Waals surface area contributed by atoms with Crippen molar-refractivity contribution >= 4 is 11.0 Å². The third-order valence-electron chi connectivity index (χ3n) is 5.94. The molecule has 21 heavy (non-hydrogen) atoms. The van der Waals surface area contributed by atoms with Crippen LogP contribution in [0.15, 0.2) is 28.7 Å². The molecule has 0 radical (unpaired) electrons. The maximum Gasteiger partial charge on any atom is 0.134 e. The quantitative estimate of drug-likeness (QED) is 0.883. The first kappa shape index (κ1) is 13.4. The molecule has 1 aromatic heterocycles. The Labute approximate surface area is 126 Å². The minimum atomic E-state index is 0.619. The predicted octanol–water partition coefficient (Wildman–Crippen LogP) is 4.66. The molecular formula is C19H25NO. The van der Waals surface area contributed by atoms with Crippen LogP contribution in [0.4, 0.5) is 0 Å². The van der Waals surface area contributed by atoms with E-state index < -0.39 is 0 Å². The summed E-state index contributed by atoms with van der Waals surface area (Å²) in [6.45, 7) is 5.39. The highest BCUT2D eigenvalue weighted by atomic mass is 16.3. The van der Waals surface area contributed by atoms with Gasteiger partial charge in [0.15, 0.2) is 0 Å². The highest BCUT2D eigenvalue weighted by Crippen LogP contribution is 2.49. The van der Waals surface area contributed by atoms with E-state index in [1.165, 1.54) is 36.6 Å². The summed E-state index contributed by atoms with van der Waals surface area (Å²) in [5, 5.41) is 5.05. The lowest BCUT2D eigenvalue weighted by Crippen LogP contribution is -2.35. The van der Waals surface area contributed by atoms with Crippen molar-refractivity contribution in [2.45, 2.75) is 52.1 Å². The summed E-state index contributed by atoms with van der Waals surface area (Å²) in [6, 6.07) is 8.99. The lowest BCUT2D eigenvalue weighted by molar-refractivity contribution is 0.259. The molecule has 0 amide bonds. The number of rotatable bonds is 4. The molecule has 2 aromatic rings. The number of aryl methyl sites for hydroxylation is 1. The number of hydrogen-bond donors (Lipinski definition) is 1. The van der Waals surface area contributed by atoms with Gasteiger partial charge in [0.1, 0.15) is 11.3 Å². The Morgan fingerprint density at radius 1 is 1.24 bits per heavy atom. The molecule has 1 N–H and O–H groups in total. The van der Waals surface area contributed by atoms with Crippen molar-refractivity contribution in [2.75, 3.05) is 0 Å². The van der Waals surface area contributed by atoms with Gasteiger partial charge in [-0.15, -0.1) is 0 Å². The van der Waals surface area contributed by atoms with E-state index in [9.17, 15) is 0 Å². The number of furan rings is 1. The molecule has 2 heteroatoms. The molecule has 0 spiro atoms. The molecule has 4 unspecified atom stereocenters. The van der Waals surface area contributed by atoms with E-state index in [0.29, 0.717) is 6.04 Å². The molecule has 112 valence electrons. The molecule has 2 aliphatic carbocycles. The van der Waals surface area contributed by atoms with Crippen LogP contribution in [-0.4, -0.2) is 6.04 Å². The summed E-state index contributed by atoms with van der Waals surface area (Å²) in [5.74, 6) is 3.96. The Morgan fingerprint density at radius 2 is 2.10 bits per heavy atom. The van der Waals surface area contributed by atoms with Gasteiger partial charge in [-0.2, -0.15) is 0 Å². The first-order valence-electron chi connectivity index (χ1n) is 8.42. The van der Waals surface area contributed by atoms with Gasteiger partial charge in [0.25, 0.3) is 0 Å². The molecular weight excluding hydrogens is 258 g/mol. The average Bonchev–Trinajstić information content (AvgIpc) is 3.18. The smallest absolute Gasteiger partial charge is 0.134 e. The summed E-state index contributed by atoms with van der Waals surface area (Å²) in [6.07, 6.45) is 5.89. The second-order valence-electron chi connectivity index (χ2n) is 7.14. The fourth-order valence-electron chi connectivity index (χ4n) is 4.76. The Hall–Kier alpha value is -1.28. The monoisotopic (exact) mass is 283 g/mol. The Bertz CT molecular complexity index is 644. The third kappa shape index (κ3) is 2.30. The van der Waals surface area contributed by atoms with E-state index in [-0.39, 0.29) is 0 Å². The molecule has 2 fully saturated rings. The predicted molar refractivity (Wildman–Crippen MR) is 86.2 cm³/mol. The fourth-order valence-corrected chi connectivity index (χ4v) is 4.76. The SMILES string of the molecule is Cc1oc2ccccc2c1CNC(C)C1CC2CCC1C2. The summed E-state index contributed by atoms with van der Waals surface area (Å²) in [5.41, 5.74) is 2.35. The fraction of sp³-hybridized carbons (Fsp3) is 0.579. The minimum Gasteiger partial charge on any atom is -0.461 e. The largest absolute Gasteiger partial charge is 0.461 e. The normalized spacial score (nSPS) is 29.3. The number of para-hydroxylation sites is 1. The van der Waals surface area contributed by atoms with Crippen LogP contribution in [0.1, 0.15) is 43.9 Å². The van der Waals surface area contributed by atoms with E-state index in [0.717, 1.165) is 35.6 Å². The van der Waals surface area contributed by atoms with Gasteiger partial charge in [0, 0.05) is 23.5 Å². The summed E-state index contributed by atoms with van der Waals surface area (Å²) >= 11 is 0. The first-order valence-corrected chi connectivity index (χ1v) is 8.42. The molecule has 4 rings (SSSR count). The Morgan fingerprint density at radius 3 is 2.86 bits per heavy atom. The molecule has 2 bridgehead atoms. The average molecular weight is 283 g/mol. The van der Waals surface area contributed by atoms with Crippen LogP contribution in [0.5, 0.6) is 0 Å². The minimum absolute atomic E-state index is 0.619. The second-order valence-corrected chi connectivity index (χ2v) is 7.14. The van der Waals surface area contributed by atoms with Gasteiger partial charge in [0.2, 0.25) is 0 Å². The van der Waals surface area contributed by atoms with E-state index >= 15 is 0 Å². The van der Waals surface area contributed by atoms with Gasteiger partial charge in [-0.1, -0.05) is 24.6 Å². The van der Waals surface area contributed by atoms with Gasteiger partial charge in [0.05, 0.1) is 0 Å². The molecule has 1 heterocycles. The molecule has 2 saturated carbocycles. The zero-order valence-corrected chi connectivity index (χ0v) is 13.1. The van der Waals surface area contributed by atoms with Crippen LogP contribution >= 0.6 is 0 Å². The number of fused-ring (bicyclic) bond motifs is 3. The van der Waals surface area contributed by atoms with Crippen molar-refractivity contribution in [1.82, 2.24) is 5.32 Å². The van der Waals surface area contributed by atoms with Crippen LogP contribution in [0.25, 0.3) is 11.0 Å². The first-order chi connectivity index (χ1) is 10.2. The van der Waals surface area contributed by atoms with Crippen LogP contribution in [-0.2, 0) is 6.54 Å². The zero-order chi connectivity index (χ0) is 14.4. The standard InChI is InChI=1S/C19H25NO/c1-12(17-10-14-7-8-15(17)9-14)20-11-18-13(2)21-19-6-4-3-5-16(18)19/h3-6,12,14-15,17,20H,7-11H2,1-2H3. The van der Waals surface area contributed by atoms with Crippen molar-refractivity contribution in [1.29, 1.82) is 0 Å². The van der Waals surface area contributed by atoms with Gasteiger partial charge in [-0.05, 0) is 56.9 Å². The lowest BCUT2D eigenvalue weighted by Gasteiger charge is -2.28. The van der Waals surface area contributed by atoms with Crippen molar-refractivity contribution < 1.29 is 4.42 Å². The summed E-state index contributed by atoms with van der Waals surface area (Å²) in [4.78, 5) is 0. The van der Waals surface area contributed by atoms with Gasteiger partial charge in [-0.25, -0.2) is 0 Å². The molecule has 2 nitrogen and oxygen atoms in total. The zero-order valence-electron chi connectivity index (χ0n) is 13.1. The van der Waals surface area contributed by atoms with Crippen LogP contribution < -0.4 is 5.32 Å². The maximum atomic E-state index is 5.87. The van der Waals surface area contributed by atoms with E-state index in [4.69, 9.17) is 4.42 Å². The third-order valence-corrected chi connectivity index (χ3v) is 5.94. The number of nitrogens with one attached hydrogen (secondary N) is 1. The number of benzene rings is 1. The van der Waals surface area contributed by atoms with Crippen molar-refractivity contribution in [2.24, 2.45) is 17.8 Å². The lowest BCUT2D eigenvalue weighted by atomic mass is 9.84. The van der Waals surface area contributed by atoms with Crippen LogP contribution in [0.3, 0.4) is 0 Å². The molecule has 4 atom stereocenters. The Balaban J connectivity index is 1.47. The topological polar surface area (TPSA) is 25.2 Å². The van der Waals surface area contributed by atoms with E-state index in [2.05, 4.69) is 37.4 Å². The molecule has 0 aliphatic heterocycles. The highest BCUT2D eigenvalue weighted by Gasteiger charge is 2.41. The maximum absolute atomic E-state index is 5.87. The Kier molecular flexibility index (Phi) is 3.30. The second kappa shape index (κ2) is 5.17. The van der Waals surface area contributed by atoms with Crippen molar-refractivity contribution in [3.05, 3.63) is 35.6 Å². The number of hydrogen-bond acceptors (Lipinski definition) is 2. The van der Waals surface area contributed by atoms with Gasteiger partial charge >= 0.3 is 0 Å².